The molecule has 1 saturated heterocycles. The summed E-state index contributed by atoms with van der Waals surface area (Å²) in [5, 5.41) is 2.05. The third kappa shape index (κ3) is 1.95. The van der Waals surface area contributed by atoms with E-state index >= 15 is 0 Å². The maximum absolute atomic E-state index is 12.2. The summed E-state index contributed by atoms with van der Waals surface area (Å²) < 4.78 is 0. The number of benzene rings is 1. The van der Waals surface area contributed by atoms with Crippen molar-refractivity contribution >= 4 is 5.91 Å². The van der Waals surface area contributed by atoms with E-state index < -0.39 is 0 Å². The van der Waals surface area contributed by atoms with Crippen LogP contribution < -0.4 is 5.43 Å². The van der Waals surface area contributed by atoms with Crippen LogP contribution in [0.2, 0.25) is 0 Å². The SMILES string of the molecule is CC(C)N1NC(=O)C(c2ccccc2)C1(C)C. The fourth-order valence-corrected chi connectivity index (χ4v) is 2.79. The largest absolute Gasteiger partial charge is 0.288 e. The molecule has 3 nitrogen and oxygen atoms in total. The second-order valence-corrected chi connectivity index (χ2v) is 5.44. The van der Waals surface area contributed by atoms with E-state index in [2.05, 4.69) is 33.1 Å². The standard InChI is InChI=1S/C14H20N2O/c1-10(2)16-14(3,4)12(13(17)15-16)11-8-6-5-7-9-11/h5-10,12H,1-4H3,(H,15,17). The molecule has 1 aromatic carbocycles. The van der Waals surface area contributed by atoms with Gasteiger partial charge < -0.3 is 0 Å². The Morgan fingerprint density at radius 3 is 2.29 bits per heavy atom. The van der Waals surface area contributed by atoms with Crippen molar-refractivity contribution in [2.24, 2.45) is 0 Å². The molecule has 1 heterocycles. The molecule has 0 radical (unpaired) electrons. The Morgan fingerprint density at radius 2 is 1.82 bits per heavy atom. The summed E-state index contributed by atoms with van der Waals surface area (Å²) in [5.74, 6) is -0.0130. The average molecular weight is 232 g/mol. The number of amides is 1. The van der Waals surface area contributed by atoms with Gasteiger partial charge in [0.15, 0.2) is 0 Å². The molecule has 92 valence electrons. The first-order valence-electron chi connectivity index (χ1n) is 6.09. The van der Waals surface area contributed by atoms with Crippen LogP contribution in [0.5, 0.6) is 0 Å². The van der Waals surface area contributed by atoms with Gasteiger partial charge in [0.2, 0.25) is 5.91 Å². The lowest BCUT2D eigenvalue weighted by molar-refractivity contribution is -0.122. The van der Waals surface area contributed by atoms with Crippen molar-refractivity contribution < 1.29 is 4.79 Å². The third-order valence-electron chi connectivity index (χ3n) is 3.47. The molecule has 0 aromatic heterocycles. The second-order valence-electron chi connectivity index (χ2n) is 5.44. The van der Waals surface area contributed by atoms with E-state index in [1.165, 1.54) is 0 Å². The molecule has 1 aliphatic heterocycles. The van der Waals surface area contributed by atoms with Crippen LogP contribution in [0, 0.1) is 0 Å². The Labute approximate surface area is 103 Å². The number of carbonyl (C=O) groups is 1. The number of hydrogen-bond acceptors (Lipinski definition) is 2. The highest BCUT2D eigenvalue weighted by Gasteiger charge is 2.48. The molecular formula is C14H20N2O. The Bertz CT molecular complexity index is 411. The molecule has 2 rings (SSSR count). The first-order chi connectivity index (χ1) is 7.94. The highest BCUT2D eigenvalue weighted by atomic mass is 16.2. The zero-order valence-electron chi connectivity index (χ0n) is 10.9. The van der Waals surface area contributed by atoms with Crippen molar-refractivity contribution in [3.8, 4) is 0 Å². The topological polar surface area (TPSA) is 32.3 Å². The summed E-state index contributed by atoms with van der Waals surface area (Å²) >= 11 is 0. The number of hydrazine groups is 1. The Balaban J connectivity index is 2.39. The lowest BCUT2D eigenvalue weighted by Crippen LogP contribution is -2.49. The van der Waals surface area contributed by atoms with Crippen molar-refractivity contribution in [1.82, 2.24) is 10.4 Å². The Morgan fingerprint density at radius 1 is 1.24 bits per heavy atom. The molecular weight excluding hydrogens is 212 g/mol. The van der Waals surface area contributed by atoms with E-state index in [0.717, 1.165) is 5.56 Å². The summed E-state index contributed by atoms with van der Waals surface area (Å²) in [5.41, 5.74) is 3.87. The van der Waals surface area contributed by atoms with Gasteiger partial charge in [0.25, 0.3) is 0 Å². The number of nitrogens with one attached hydrogen (secondary N) is 1. The predicted octanol–water partition coefficient (Wildman–Crippen LogP) is 2.30. The monoisotopic (exact) mass is 232 g/mol. The Hall–Kier alpha value is -1.35. The van der Waals surface area contributed by atoms with E-state index in [1.807, 2.05) is 35.3 Å². The quantitative estimate of drug-likeness (QED) is 0.848. The molecule has 1 aliphatic rings. The molecule has 1 amide bonds. The molecule has 0 bridgehead atoms. The third-order valence-corrected chi connectivity index (χ3v) is 3.47. The lowest BCUT2D eigenvalue weighted by atomic mass is 9.82. The highest BCUT2D eigenvalue weighted by Crippen LogP contribution is 2.38. The van der Waals surface area contributed by atoms with Crippen LogP contribution in [0.1, 0.15) is 39.2 Å². The number of hydrogen-bond donors (Lipinski definition) is 1. The van der Waals surface area contributed by atoms with E-state index in [9.17, 15) is 4.79 Å². The first-order valence-corrected chi connectivity index (χ1v) is 6.09. The van der Waals surface area contributed by atoms with Gasteiger partial charge in [-0.3, -0.25) is 10.2 Å². The van der Waals surface area contributed by atoms with E-state index in [0.29, 0.717) is 6.04 Å². The molecule has 0 aliphatic carbocycles. The zero-order chi connectivity index (χ0) is 12.6. The van der Waals surface area contributed by atoms with Gasteiger partial charge in [0.1, 0.15) is 0 Å². The van der Waals surface area contributed by atoms with Crippen molar-refractivity contribution in [3.63, 3.8) is 0 Å². The normalized spacial score (nSPS) is 24.1. The Kier molecular flexibility index (Phi) is 2.96. The summed E-state index contributed by atoms with van der Waals surface area (Å²) in [6.07, 6.45) is 0. The maximum Gasteiger partial charge on any atom is 0.243 e. The van der Waals surface area contributed by atoms with Gasteiger partial charge in [-0.2, -0.15) is 0 Å². The smallest absolute Gasteiger partial charge is 0.243 e. The van der Waals surface area contributed by atoms with Crippen LogP contribution >= 0.6 is 0 Å². The molecule has 0 spiro atoms. The van der Waals surface area contributed by atoms with Gasteiger partial charge in [-0.15, -0.1) is 0 Å². The fourth-order valence-electron chi connectivity index (χ4n) is 2.79. The molecule has 0 saturated carbocycles. The van der Waals surface area contributed by atoms with Crippen LogP contribution in [0.15, 0.2) is 30.3 Å². The van der Waals surface area contributed by atoms with E-state index in [-0.39, 0.29) is 17.4 Å². The summed E-state index contributed by atoms with van der Waals surface area (Å²) in [4.78, 5) is 12.2. The maximum atomic E-state index is 12.2. The average Bonchev–Trinajstić information content (AvgIpc) is 2.50. The van der Waals surface area contributed by atoms with Crippen molar-refractivity contribution in [1.29, 1.82) is 0 Å². The molecule has 3 heteroatoms. The van der Waals surface area contributed by atoms with Gasteiger partial charge in [0, 0.05) is 6.04 Å². The van der Waals surface area contributed by atoms with Gasteiger partial charge in [0.05, 0.1) is 11.5 Å². The number of nitrogens with zero attached hydrogens (tertiary/aromatic N) is 1. The van der Waals surface area contributed by atoms with Crippen LogP contribution in [-0.4, -0.2) is 22.5 Å². The van der Waals surface area contributed by atoms with Crippen molar-refractivity contribution in [2.75, 3.05) is 0 Å². The van der Waals surface area contributed by atoms with E-state index in [4.69, 9.17) is 0 Å². The van der Waals surface area contributed by atoms with E-state index in [1.54, 1.807) is 0 Å². The molecule has 1 aromatic rings. The minimum absolute atomic E-state index is 0.0925. The first kappa shape index (κ1) is 12.1. The minimum Gasteiger partial charge on any atom is -0.288 e. The molecule has 1 N–H and O–H groups in total. The van der Waals surface area contributed by atoms with Crippen LogP contribution in [0.4, 0.5) is 0 Å². The summed E-state index contributed by atoms with van der Waals surface area (Å²) in [6.45, 7) is 8.41. The number of rotatable bonds is 2. The minimum atomic E-state index is -0.202. The highest BCUT2D eigenvalue weighted by molar-refractivity contribution is 5.87. The van der Waals surface area contributed by atoms with Crippen LogP contribution in [0.25, 0.3) is 0 Å². The zero-order valence-corrected chi connectivity index (χ0v) is 10.9. The van der Waals surface area contributed by atoms with Gasteiger partial charge in [-0.25, -0.2) is 5.01 Å². The molecule has 1 unspecified atom stereocenters. The van der Waals surface area contributed by atoms with Crippen LogP contribution in [0.3, 0.4) is 0 Å². The number of carbonyl (C=O) groups excluding carboxylic acids is 1. The summed E-state index contributed by atoms with van der Waals surface area (Å²) in [7, 11) is 0. The molecule has 1 atom stereocenters. The predicted molar refractivity (Wildman–Crippen MR) is 68.4 cm³/mol. The van der Waals surface area contributed by atoms with Crippen molar-refractivity contribution in [2.45, 2.75) is 45.2 Å². The second kappa shape index (κ2) is 4.15. The lowest BCUT2D eigenvalue weighted by Gasteiger charge is -2.36. The molecule has 1 fully saturated rings. The van der Waals surface area contributed by atoms with Gasteiger partial charge in [-0.05, 0) is 33.3 Å². The molecule has 17 heavy (non-hydrogen) atoms. The van der Waals surface area contributed by atoms with Crippen molar-refractivity contribution in [3.05, 3.63) is 35.9 Å². The van der Waals surface area contributed by atoms with Crippen LogP contribution in [-0.2, 0) is 4.79 Å². The fraction of sp³-hybridized carbons (Fsp3) is 0.500. The van der Waals surface area contributed by atoms with Gasteiger partial charge in [-0.1, -0.05) is 30.3 Å². The van der Waals surface area contributed by atoms with Gasteiger partial charge >= 0.3 is 0 Å². The summed E-state index contributed by atoms with van der Waals surface area (Å²) in [6, 6.07) is 10.3.